The molecule has 0 radical (unpaired) electrons. The smallest absolute Gasteiger partial charge is 0.250 e. The van der Waals surface area contributed by atoms with Crippen LogP contribution in [0.4, 0.5) is 5.69 Å². The fourth-order valence-electron chi connectivity index (χ4n) is 3.84. The van der Waals surface area contributed by atoms with E-state index < -0.39 is 10.0 Å². The van der Waals surface area contributed by atoms with Crippen molar-refractivity contribution in [2.75, 3.05) is 32.2 Å². The Labute approximate surface area is 170 Å². The van der Waals surface area contributed by atoms with Crippen molar-refractivity contribution in [3.63, 3.8) is 0 Å². The van der Waals surface area contributed by atoms with Crippen molar-refractivity contribution < 1.29 is 22.7 Å². The maximum Gasteiger partial charge on any atom is 0.250 e. The Kier molecular flexibility index (Phi) is 5.58. The van der Waals surface area contributed by atoms with E-state index in [-0.39, 0.29) is 32.2 Å². The van der Waals surface area contributed by atoms with Crippen molar-refractivity contribution in [3.05, 3.63) is 53.1 Å². The first-order valence-corrected chi connectivity index (χ1v) is 11.1. The molecule has 29 heavy (non-hydrogen) atoms. The number of methoxy groups -OCH3 is 1. The van der Waals surface area contributed by atoms with Gasteiger partial charge < -0.3 is 14.8 Å². The van der Waals surface area contributed by atoms with E-state index in [1.165, 1.54) is 17.0 Å². The van der Waals surface area contributed by atoms with E-state index >= 15 is 0 Å². The molecule has 1 aliphatic carbocycles. The zero-order valence-electron chi connectivity index (χ0n) is 16.3. The van der Waals surface area contributed by atoms with E-state index in [1.54, 1.807) is 24.3 Å². The number of rotatable bonds is 5. The fraction of sp³-hybridized carbons (Fsp3) is 0.381. The third-order valence-corrected chi connectivity index (χ3v) is 7.11. The molecule has 0 spiro atoms. The Morgan fingerprint density at radius 3 is 2.79 bits per heavy atom. The van der Waals surface area contributed by atoms with Crippen molar-refractivity contribution in [1.29, 1.82) is 0 Å². The van der Waals surface area contributed by atoms with Crippen LogP contribution < -0.4 is 10.1 Å². The van der Waals surface area contributed by atoms with E-state index in [0.29, 0.717) is 21.9 Å². The van der Waals surface area contributed by atoms with Crippen LogP contribution in [0, 0.1) is 0 Å². The third kappa shape index (κ3) is 4.14. The summed E-state index contributed by atoms with van der Waals surface area (Å²) in [7, 11) is -2.20. The van der Waals surface area contributed by atoms with Crippen LogP contribution in [0.25, 0.3) is 0 Å². The number of hydrogen-bond acceptors (Lipinski definition) is 5. The lowest BCUT2D eigenvalue weighted by molar-refractivity contribution is -0.119. The summed E-state index contributed by atoms with van der Waals surface area (Å²) in [5.74, 6) is 0.353. The molecule has 0 bridgehead atoms. The first kappa shape index (κ1) is 19.9. The van der Waals surface area contributed by atoms with Crippen LogP contribution in [0.15, 0.2) is 41.3 Å². The lowest BCUT2D eigenvalue weighted by Crippen LogP contribution is -2.32. The van der Waals surface area contributed by atoms with E-state index in [4.69, 9.17) is 9.47 Å². The number of amides is 1. The summed E-state index contributed by atoms with van der Waals surface area (Å²) in [6, 6.07) is 10.7. The summed E-state index contributed by atoms with van der Waals surface area (Å²) >= 11 is 0. The number of hydrogen-bond donors (Lipinski definition) is 1. The van der Waals surface area contributed by atoms with Crippen LogP contribution in [-0.2, 0) is 38.9 Å². The van der Waals surface area contributed by atoms with Gasteiger partial charge in [-0.25, -0.2) is 8.42 Å². The molecule has 8 heteroatoms. The molecule has 0 unspecified atom stereocenters. The molecule has 2 aromatic rings. The summed E-state index contributed by atoms with van der Waals surface area (Å²) in [6.07, 6.45) is 3.01. The van der Waals surface area contributed by atoms with Gasteiger partial charge in [-0.3, -0.25) is 4.79 Å². The largest absolute Gasteiger partial charge is 0.492 e. The molecular formula is C21H24N2O5S. The monoisotopic (exact) mass is 416 g/mol. The molecule has 0 aromatic heterocycles. The Bertz CT molecular complexity index is 1040. The Morgan fingerprint density at radius 2 is 1.97 bits per heavy atom. The minimum absolute atomic E-state index is 0.0492. The first-order chi connectivity index (χ1) is 14.0. The summed E-state index contributed by atoms with van der Waals surface area (Å²) < 4.78 is 38.6. The minimum atomic E-state index is -3.65. The highest BCUT2D eigenvalue weighted by atomic mass is 32.2. The SMILES string of the molecule is COCC(=O)Nc1ccc2c(c1)CN(S(=O)(=O)c1ccc3c(c1)CCC3)CCO2. The van der Waals surface area contributed by atoms with Gasteiger partial charge >= 0.3 is 0 Å². The molecule has 1 N–H and O–H groups in total. The predicted octanol–water partition coefficient (Wildman–Crippen LogP) is 2.34. The van der Waals surface area contributed by atoms with Gasteiger partial charge in [0.25, 0.3) is 0 Å². The van der Waals surface area contributed by atoms with Crippen molar-refractivity contribution >= 4 is 21.6 Å². The molecule has 0 saturated carbocycles. The highest BCUT2D eigenvalue weighted by molar-refractivity contribution is 7.89. The Morgan fingerprint density at radius 1 is 1.14 bits per heavy atom. The van der Waals surface area contributed by atoms with Crippen LogP contribution in [-0.4, -0.2) is 45.5 Å². The predicted molar refractivity (Wildman–Crippen MR) is 109 cm³/mol. The Balaban J connectivity index is 1.59. The zero-order valence-corrected chi connectivity index (χ0v) is 17.1. The highest BCUT2D eigenvalue weighted by Gasteiger charge is 2.29. The fourth-order valence-corrected chi connectivity index (χ4v) is 5.29. The van der Waals surface area contributed by atoms with E-state index in [2.05, 4.69) is 5.32 Å². The summed E-state index contributed by atoms with van der Waals surface area (Å²) in [5.41, 5.74) is 3.65. The quantitative estimate of drug-likeness (QED) is 0.809. The average Bonchev–Trinajstić information content (AvgIpc) is 3.06. The lowest BCUT2D eigenvalue weighted by atomic mass is 10.1. The molecular weight excluding hydrogens is 392 g/mol. The number of benzene rings is 2. The van der Waals surface area contributed by atoms with Crippen LogP contribution in [0.1, 0.15) is 23.1 Å². The number of carbonyl (C=O) groups is 1. The molecule has 4 rings (SSSR count). The van der Waals surface area contributed by atoms with E-state index in [9.17, 15) is 13.2 Å². The van der Waals surface area contributed by atoms with Gasteiger partial charge in [0.1, 0.15) is 19.0 Å². The van der Waals surface area contributed by atoms with Crippen molar-refractivity contribution in [1.82, 2.24) is 4.31 Å². The number of ether oxygens (including phenoxy) is 2. The van der Waals surface area contributed by atoms with Crippen molar-refractivity contribution in [3.8, 4) is 5.75 Å². The normalized spacial score (nSPS) is 16.4. The zero-order chi connectivity index (χ0) is 20.4. The third-order valence-electron chi connectivity index (χ3n) is 5.27. The van der Waals surface area contributed by atoms with Crippen LogP contribution >= 0.6 is 0 Å². The molecule has 1 amide bonds. The lowest BCUT2D eigenvalue weighted by Gasteiger charge is -2.20. The number of fused-ring (bicyclic) bond motifs is 2. The summed E-state index contributed by atoms with van der Waals surface area (Å²) in [5, 5.41) is 2.74. The van der Waals surface area contributed by atoms with Gasteiger partial charge in [0.2, 0.25) is 15.9 Å². The number of carbonyl (C=O) groups excluding carboxylic acids is 1. The van der Waals surface area contributed by atoms with Gasteiger partial charge in [-0.15, -0.1) is 0 Å². The molecule has 7 nitrogen and oxygen atoms in total. The molecule has 2 aromatic carbocycles. The van der Waals surface area contributed by atoms with Gasteiger partial charge in [0, 0.05) is 31.5 Å². The van der Waals surface area contributed by atoms with Gasteiger partial charge in [0.15, 0.2) is 0 Å². The van der Waals surface area contributed by atoms with Crippen LogP contribution in [0.3, 0.4) is 0 Å². The average molecular weight is 416 g/mol. The highest BCUT2D eigenvalue weighted by Crippen LogP contribution is 2.31. The topological polar surface area (TPSA) is 84.9 Å². The van der Waals surface area contributed by atoms with Crippen molar-refractivity contribution in [2.24, 2.45) is 0 Å². The van der Waals surface area contributed by atoms with Gasteiger partial charge in [-0.1, -0.05) is 6.07 Å². The number of nitrogens with one attached hydrogen (secondary N) is 1. The molecule has 2 aliphatic rings. The molecule has 0 fully saturated rings. The molecule has 1 heterocycles. The van der Waals surface area contributed by atoms with Gasteiger partial charge in [-0.2, -0.15) is 4.31 Å². The van der Waals surface area contributed by atoms with Gasteiger partial charge in [0.05, 0.1) is 4.90 Å². The molecule has 1 aliphatic heterocycles. The second-order valence-corrected chi connectivity index (χ2v) is 9.21. The van der Waals surface area contributed by atoms with E-state index in [1.807, 2.05) is 12.1 Å². The summed E-state index contributed by atoms with van der Waals surface area (Å²) in [6.45, 7) is 0.668. The van der Waals surface area contributed by atoms with Crippen molar-refractivity contribution in [2.45, 2.75) is 30.7 Å². The minimum Gasteiger partial charge on any atom is -0.492 e. The number of aryl methyl sites for hydroxylation is 2. The van der Waals surface area contributed by atoms with Crippen LogP contribution in [0.2, 0.25) is 0 Å². The Hall–Kier alpha value is -2.42. The number of anilines is 1. The molecule has 154 valence electrons. The van der Waals surface area contributed by atoms with Crippen LogP contribution in [0.5, 0.6) is 5.75 Å². The van der Waals surface area contributed by atoms with Gasteiger partial charge in [-0.05, 0) is 60.7 Å². The standard InChI is InChI=1S/C21H24N2O5S/c1-27-14-21(24)22-18-6-8-20-17(11-18)13-23(9-10-28-20)29(25,26)19-7-5-15-3-2-4-16(15)12-19/h5-8,11-12H,2-4,9-10,13-14H2,1H3,(H,22,24). The number of nitrogens with zero attached hydrogens (tertiary/aromatic N) is 1. The second-order valence-electron chi connectivity index (χ2n) is 7.27. The molecule has 0 atom stereocenters. The maximum absolute atomic E-state index is 13.3. The second kappa shape index (κ2) is 8.14. The van der Waals surface area contributed by atoms with E-state index in [0.717, 1.165) is 24.8 Å². The molecule has 0 saturated heterocycles. The number of sulfonamides is 1. The summed E-state index contributed by atoms with van der Waals surface area (Å²) in [4.78, 5) is 12.1. The first-order valence-electron chi connectivity index (χ1n) is 9.64. The maximum atomic E-state index is 13.3.